The van der Waals surface area contributed by atoms with Crippen molar-refractivity contribution in [2.75, 3.05) is 13.1 Å². The summed E-state index contributed by atoms with van der Waals surface area (Å²) in [6, 6.07) is 6.10. The largest absolute Gasteiger partial charge is 0.417 e. The first-order valence-electron chi connectivity index (χ1n) is 7.45. The Morgan fingerprint density at radius 1 is 1.30 bits per heavy atom. The summed E-state index contributed by atoms with van der Waals surface area (Å²) >= 11 is 0. The van der Waals surface area contributed by atoms with Crippen LogP contribution in [0.25, 0.3) is 0 Å². The monoisotopic (exact) mass is 333 g/mol. The lowest BCUT2D eigenvalue weighted by molar-refractivity contribution is -0.272. The number of amides is 1. The molecular weight excluding hydrogens is 314 g/mol. The predicted octanol–water partition coefficient (Wildman–Crippen LogP) is 2.92. The van der Waals surface area contributed by atoms with E-state index in [-0.39, 0.29) is 25.4 Å². The number of alkyl halides is 3. The van der Waals surface area contributed by atoms with Gasteiger partial charge in [0.15, 0.2) is 5.60 Å². The predicted molar refractivity (Wildman–Crippen MR) is 76.1 cm³/mol. The van der Waals surface area contributed by atoms with Gasteiger partial charge in [0.05, 0.1) is 0 Å². The second-order valence-corrected chi connectivity index (χ2v) is 6.05. The van der Waals surface area contributed by atoms with Crippen molar-refractivity contribution < 1.29 is 27.5 Å². The van der Waals surface area contributed by atoms with Crippen molar-refractivity contribution in [2.24, 2.45) is 5.92 Å². The molecule has 0 bridgehead atoms. The van der Waals surface area contributed by atoms with Gasteiger partial charge in [-0.1, -0.05) is 25.1 Å². The Kier molecular flexibility index (Phi) is 4.98. The van der Waals surface area contributed by atoms with Crippen LogP contribution in [0.2, 0.25) is 0 Å². The molecule has 1 N–H and O–H groups in total. The minimum absolute atomic E-state index is 0.156. The summed E-state index contributed by atoms with van der Waals surface area (Å²) < 4.78 is 51.9. The standard InChI is InChI=1S/C16H19F4NO2/c1-11(10-12-4-2-3-5-13(12)17)14(22)21-8-6-15(23,7-9-21)16(18,19)20/h2-5,11,23H,6-10H2,1H3. The van der Waals surface area contributed by atoms with E-state index in [0.29, 0.717) is 5.56 Å². The molecule has 0 aromatic heterocycles. The van der Waals surface area contributed by atoms with Crippen LogP contribution in [0.15, 0.2) is 24.3 Å². The third-order valence-electron chi connectivity index (χ3n) is 4.34. The molecule has 0 radical (unpaired) electrons. The van der Waals surface area contributed by atoms with Gasteiger partial charge in [-0.05, 0) is 18.1 Å². The van der Waals surface area contributed by atoms with Crippen molar-refractivity contribution in [3.8, 4) is 0 Å². The van der Waals surface area contributed by atoms with Gasteiger partial charge < -0.3 is 10.0 Å². The van der Waals surface area contributed by atoms with E-state index in [9.17, 15) is 27.5 Å². The molecule has 7 heteroatoms. The van der Waals surface area contributed by atoms with Crippen LogP contribution < -0.4 is 0 Å². The molecule has 0 saturated carbocycles. The second-order valence-electron chi connectivity index (χ2n) is 6.05. The van der Waals surface area contributed by atoms with Gasteiger partial charge >= 0.3 is 6.18 Å². The van der Waals surface area contributed by atoms with Gasteiger partial charge in [0.2, 0.25) is 5.91 Å². The van der Waals surface area contributed by atoms with Crippen LogP contribution in [0.5, 0.6) is 0 Å². The number of halogens is 4. The van der Waals surface area contributed by atoms with Gasteiger partial charge in [-0.3, -0.25) is 4.79 Å². The third kappa shape index (κ3) is 3.83. The van der Waals surface area contributed by atoms with E-state index in [0.717, 1.165) is 0 Å². The molecule has 3 nitrogen and oxygen atoms in total. The number of rotatable bonds is 3. The molecule has 1 aromatic rings. The SMILES string of the molecule is CC(Cc1ccccc1F)C(=O)N1CCC(O)(C(F)(F)F)CC1. The highest BCUT2D eigenvalue weighted by Gasteiger charge is 2.55. The number of carbonyl (C=O) groups excluding carboxylic acids is 1. The minimum Gasteiger partial charge on any atom is -0.380 e. The number of hydrogen-bond acceptors (Lipinski definition) is 2. The molecule has 1 amide bonds. The number of aliphatic hydroxyl groups is 1. The Labute approximate surface area is 131 Å². The Balaban J connectivity index is 1.96. The number of piperidine rings is 1. The lowest BCUT2D eigenvalue weighted by Gasteiger charge is -2.39. The zero-order valence-corrected chi connectivity index (χ0v) is 12.7. The van der Waals surface area contributed by atoms with Crippen molar-refractivity contribution in [1.29, 1.82) is 0 Å². The fraction of sp³-hybridized carbons (Fsp3) is 0.562. The number of hydrogen-bond donors (Lipinski definition) is 1. The molecule has 128 valence electrons. The average Bonchev–Trinajstić information content (AvgIpc) is 2.48. The zero-order chi connectivity index (χ0) is 17.3. The Hall–Kier alpha value is -1.63. The van der Waals surface area contributed by atoms with E-state index >= 15 is 0 Å². The van der Waals surface area contributed by atoms with Crippen molar-refractivity contribution in [1.82, 2.24) is 4.90 Å². The number of nitrogens with zero attached hydrogens (tertiary/aromatic N) is 1. The van der Waals surface area contributed by atoms with Crippen molar-refractivity contribution in [2.45, 2.75) is 38.0 Å². The smallest absolute Gasteiger partial charge is 0.380 e. The summed E-state index contributed by atoms with van der Waals surface area (Å²) in [5.41, 5.74) is -2.32. The lowest BCUT2D eigenvalue weighted by Crippen LogP contribution is -2.55. The van der Waals surface area contributed by atoms with Crippen LogP contribution in [0.4, 0.5) is 17.6 Å². The maximum Gasteiger partial charge on any atom is 0.417 e. The number of likely N-dealkylation sites (tertiary alicyclic amines) is 1. The summed E-state index contributed by atoms with van der Waals surface area (Å²) in [5.74, 6) is -1.27. The first-order valence-corrected chi connectivity index (χ1v) is 7.45. The molecule has 1 atom stereocenters. The van der Waals surface area contributed by atoms with E-state index in [1.807, 2.05) is 0 Å². The summed E-state index contributed by atoms with van der Waals surface area (Å²) in [5, 5.41) is 9.60. The topological polar surface area (TPSA) is 40.5 Å². The highest BCUT2D eigenvalue weighted by molar-refractivity contribution is 5.79. The van der Waals surface area contributed by atoms with Crippen molar-refractivity contribution in [3.05, 3.63) is 35.6 Å². The van der Waals surface area contributed by atoms with Crippen LogP contribution in [-0.2, 0) is 11.2 Å². The summed E-state index contributed by atoms with van der Waals surface area (Å²) in [6.45, 7) is 1.31. The Bertz CT molecular complexity index is 565. The molecule has 1 saturated heterocycles. The van der Waals surface area contributed by atoms with E-state index in [2.05, 4.69) is 0 Å². The van der Waals surface area contributed by atoms with Gasteiger partial charge in [-0.2, -0.15) is 13.2 Å². The quantitative estimate of drug-likeness (QED) is 0.864. The Morgan fingerprint density at radius 2 is 1.87 bits per heavy atom. The van der Waals surface area contributed by atoms with E-state index < -0.39 is 36.4 Å². The van der Waals surface area contributed by atoms with Gasteiger partial charge in [0.25, 0.3) is 0 Å². The molecule has 0 spiro atoms. The lowest BCUT2D eigenvalue weighted by atomic mass is 9.89. The first kappa shape index (κ1) is 17.7. The number of carbonyl (C=O) groups is 1. The van der Waals surface area contributed by atoms with Gasteiger partial charge in [0.1, 0.15) is 5.82 Å². The molecular formula is C16H19F4NO2. The first-order chi connectivity index (χ1) is 10.6. The van der Waals surface area contributed by atoms with E-state index in [4.69, 9.17) is 0 Å². The number of benzene rings is 1. The van der Waals surface area contributed by atoms with Crippen LogP contribution in [0, 0.1) is 11.7 Å². The molecule has 23 heavy (non-hydrogen) atoms. The van der Waals surface area contributed by atoms with Crippen molar-refractivity contribution in [3.63, 3.8) is 0 Å². The van der Waals surface area contributed by atoms with Crippen LogP contribution >= 0.6 is 0 Å². The van der Waals surface area contributed by atoms with Gasteiger partial charge in [-0.25, -0.2) is 4.39 Å². The second kappa shape index (κ2) is 6.47. The zero-order valence-electron chi connectivity index (χ0n) is 12.7. The van der Waals surface area contributed by atoms with E-state index in [1.165, 1.54) is 11.0 Å². The molecule has 0 aliphatic carbocycles. The summed E-state index contributed by atoms with van der Waals surface area (Å²) in [6.07, 6.45) is -5.57. The molecule has 2 rings (SSSR count). The highest BCUT2D eigenvalue weighted by Crippen LogP contribution is 2.38. The maximum atomic E-state index is 13.6. The fourth-order valence-corrected chi connectivity index (χ4v) is 2.77. The summed E-state index contributed by atoms with van der Waals surface area (Å²) in [4.78, 5) is 13.6. The van der Waals surface area contributed by atoms with Crippen LogP contribution in [0.3, 0.4) is 0 Å². The van der Waals surface area contributed by atoms with Crippen LogP contribution in [-0.4, -0.2) is 40.8 Å². The molecule has 1 fully saturated rings. The molecule has 1 aliphatic rings. The third-order valence-corrected chi connectivity index (χ3v) is 4.34. The molecule has 1 unspecified atom stereocenters. The molecule has 1 heterocycles. The average molecular weight is 333 g/mol. The van der Waals surface area contributed by atoms with Crippen molar-refractivity contribution >= 4 is 5.91 Å². The summed E-state index contributed by atoms with van der Waals surface area (Å²) in [7, 11) is 0. The van der Waals surface area contributed by atoms with Gasteiger partial charge in [0, 0.05) is 31.8 Å². The van der Waals surface area contributed by atoms with E-state index in [1.54, 1.807) is 25.1 Å². The van der Waals surface area contributed by atoms with Crippen LogP contribution in [0.1, 0.15) is 25.3 Å². The fourth-order valence-electron chi connectivity index (χ4n) is 2.77. The normalized spacial score (nSPS) is 19.5. The van der Waals surface area contributed by atoms with Gasteiger partial charge in [-0.15, -0.1) is 0 Å². The minimum atomic E-state index is -4.69. The molecule has 1 aliphatic heterocycles. The highest BCUT2D eigenvalue weighted by atomic mass is 19.4. The Morgan fingerprint density at radius 3 is 2.39 bits per heavy atom. The molecule has 1 aromatic carbocycles. The maximum absolute atomic E-state index is 13.6.